The number of nitrogens with zero attached hydrogens (tertiary/aromatic N) is 4. The number of carbonyl (C=O) groups excluding carboxylic acids is 1. The second kappa shape index (κ2) is 8.29. The predicted molar refractivity (Wildman–Crippen MR) is 109 cm³/mol. The van der Waals surface area contributed by atoms with E-state index < -0.39 is 5.82 Å². The molecule has 146 valence electrons. The summed E-state index contributed by atoms with van der Waals surface area (Å²) in [5, 5.41) is 11.4. The van der Waals surface area contributed by atoms with E-state index in [1.54, 1.807) is 34.4 Å². The van der Waals surface area contributed by atoms with Gasteiger partial charge in [-0.05, 0) is 29.7 Å². The molecule has 0 atom stereocenters. The molecule has 0 radical (unpaired) electrons. The molecule has 0 bridgehead atoms. The van der Waals surface area contributed by atoms with E-state index in [1.807, 2.05) is 28.5 Å². The molecule has 1 saturated heterocycles. The van der Waals surface area contributed by atoms with Crippen molar-refractivity contribution in [2.24, 2.45) is 0 Å². The first-order chi connectivity index (χ1) is 14.2. The van der Waals surface area contributed by atoms with Crippen molar-refractivity contribution in [2.45, 2.75) is 0 Å². The molecule has 0 unspecified atom stereocenters. The highest BCUT2D eigenvalue weighted by Gasteiger charge is 2.27. The van der Waals surface area contributed by atoms with Crippen LogP contribution in [0.15, 0.2) is 46.2 Å². The van der Waals surface area contributed by atoms with Crippen LogP contribution in [-0.4, -0.2) is 42.0 Å². The molecule has 0 N–H and O–H groups in total. The lowest BCUT2D eigenvalue weighted by Crippen LogP contribution is -2.49. The SMILES string of the molecule is N#Cc1nc(C=Cc2cccs2)oc1N1CCN(C(=O)c2ccccc2F)CC1. The number of benzene rings is 1. The molecule has 4 rings (SSSR count). The quantitative estimate of drug-likeness (QED) is 0.655. The van der Waals surface area contributed by atoms with Crippen molar-refractivity contribution in [3.8, 4) is 6.07 Å². The van der Waals surface area contributed by atoms with E-state index in [0.717, 1.165) is 4.88 Å². The van der Waals surface area contributed by atoms with E-state index in [2.05, 4.69) is 11.1 Å². The molecule has 2 aromatic heterocycles. The number of rotatable bonds is 4. The maximum absolute atomic E-state index is 13.9. The van der Waals surface area contributed by atoms with Gasteiger partial charge in [0, 0.05) is 37.1 Å². The average Bonchev–Trinajstić information content (AvgIpc) is 3.42. The van der Waals surface area contributed by atoms with Gasteiger partial charge in [0.2, 0.25) is 17.5 Å². The molecule has 3 aromatic rings. The van der Waals surface area contributed by atoms with Crippen molar-refractivity contribution in [2.75, 3.05) is 31.1 Å². The van der Waals surface area contributed by atoms with Crippen molar-refractivity contribution in [3.05, 3.63) is 69.6 Å². The van der Waals surface area contributed by atoms with Gasteiger partial charge in [0.1, 0.15) is 11.9 Å². The lowest BCUT2D eigenvalue weighted by atomic mass is 10.1. The summed E-state index contributed by atoms with van der Waals surface area (Å²) in [5.41, 5.74) is 0.282. The van der Waals surface area contributed by atoms with Crippen LogP contribution in [0.2, 0.25) is 0 Å². The monoisotopic (exact) mass is 408 g/mol. The number of carbonyl (C=O) groups is 1. The van der Waals surface area contributed by atoms with Crippen LogP contribution in [0.4, 0.5) is 10.3 Å². The number of thiophene rings is 1. The molecule has 1 fully saturated rings. The first-order valence-corrected chi connectivity index (χ1v) is 9.95. The summed E-state index contributed by atoms with van der Waals surface area (Å²) in [6, 6.07) is 12.0. The van der Waals surface area contributed by atoms with Gasteiger partial charge in [0.15, 0.2) is 0 Å². The van der Waals surface area contributed by atoms with Gasteiger partial charge in [-0.25, -0.2) is 4.39 Å². The number of aromatic nitrogens is 1. The zero-order valence-electron chi connectivity index (χ0n) is 15.4. The molecule has 1 aromatic carbocycles. The van der Waals surface area contributed by atoms with Gasteiger partial charge in [-0.3, -0.25) is 4.79 Å². The highest BCUT2D eigenvalue weighted by atomic mass is 32.1. The zero-order valence-corrected chi connectivity index (χ0v) is 16.2. The number of nitriles is 1. The molecule has 3 heterocycles. The van der Waals surface area contributed by atoms with E-state index in [1.165, 1.54) is 12.1 Å². The Bertz CT molecular complexity index is 1080. The second-order valence-corrected chi connectivity index (χ2v) is 7.40. The topological polar surface area (TPSA) is 73.4 Å². The maximum atomic E-state index is 13.9. The summed E-state index contributed by atoms with van der Waals surface area (Å²) in [7, 11) is 0. The van der Waals surface area contributed by atoms with E-state index in [4.69, 9.17) is 4.42 Å². The standard InChI is InChI=1S/C21H17FN4O2S/c22-17-6-2-1-5-16(17)20(27)25-9-11-26(12-10-25)21-18(14-23)24-19(28-21)8-7-15-4-3-13-29-15/h1-8,13H,9-12H2. The molecule has 29 heavy (non-hydrogen) atoms. The molecule has 6 nitrogen and oxygen atoms in total. The molecular weight excluding hydrogens is 391 g/mol. The molecular formula is C21H17FN4O2S. The van der Waals surface area contributed by atoms with Crippen molar-refractivity contribution in [1.29, 1.82) is 5.26 Å². The highest BCUT2D eigenvalue weighted by molar-refractivity contribution is 7.10. The minimum Gasteiger partial charge on any atom is -0.420 e. The average molecular weight is 408 g/mol. The third kappa shape index (κ3) is 4.05. The highest BCUT2D eigenvalue weighted by Crippen LogP contribution is 2.25. The number of hydrogen-bond acceptors (Lipinski definition) is 6. The number of halogens is 1. The fraction of sp³-hybridized carbons (Fsp3) is 0.190. The van der Waals surface area contributed by atoms with Crippen molar-refractivity contribution >= 4 is 35.3 Å². The van der Waals surface area contributed by atoms with E-state index >= 15 is 0 Å². The zero-order chi connectivity index (χ0) is 20.2. The van der Waals surface area contributed by atoms with Crippen molar-refractivity contribution in [1.82, 2.24) is 9.88 Å². The van der Waals surface area contributed by atoms with Crippen LogP contribution in [0.25, 0.3) is 12.2 Å². The van der Waals surface area contributed by atoms with Gasteiger partial charge in [-0.15, -0.1) is 11.3 Å². The minimum atomic E-state index is -0.524. The van der Waals surface area contributed by atoms with E-state index in [9.17, 15) is 14.4 Å². The molecule has 1 aliphatic heterocycles. The number of amides is 1. The Balaban J connectivity index is 1.45. The first-order valence-electron chi connectivity index (χ1n) is 9.07. The minimum absolute atomic E-state index is 0.0688. The van der Waals surface area contributed by atoms with Crippen LogP contribution >= 0.6 is 11.3 Å². The van der Waals surface area contributed by atoms with Gasteiger partial charge in [0.25, 0.3) is 5.91 Å². The van der Waals surface area contributed by atoms with Crippen LogP contribution in [0.3, 0.4) is 0 Å². The Morgan fingerprint density at radius 1 is 1.17 bits per heavy atom. The van der Waals surface area contributed by atoms with Crippen LogP contribution in [0.1, 0.15) is 26.8 Å². The fourth-order valence-corrected chi connectivity index (χ4v) is 3.76. The van der Waals surface area contributed by atoms with E-state index in [0.29, 0.717) is 38.0 Å². The predicted octanol–water partition coefficient (Wildman–Crippen LogP) is 3.88. The van der Waals surface area contributed by atoms with Crippen molar-refractivity contribution in [3.63, 3.8) is 0 Å². The number of piperazine rings is 1. The Labute approximate surface area is 171 Å². The van der Waals surface area contributed by atoms with Crippen LogP contribution in [0.5, 0.6) is 0 Å². The molecule has 8 heteroatoms. The van der Waals surface area contributed by atoms with Gasteiger partial charge in [0.05, 0.1) is 5.56 Å². The van der Waals surface area contributed by atoms with E-state index in [-0.39, 0.29) is 17.2 Å². The van der Waals surface area contributed by atoms with Gasteiger partial charge in [-0.2, -0.15) is 10.2 Å². The summed E-state index contributed by atoms with van der Waals surface area (Å²) in [6.45, 7) is 1.74. The smallest absolute Gasteiger partial charge is 0.256 e. The summed E-state index contributed by atoms with van der Waals surface area (Å²) in [4.78, 5) is 21.3. The Kier molecular flexibility index (Phi) is 5.40. The third-order valence-electron chi connectivity index (χ3n) is 4.62. The molecule has 0 aliphatic carbocycles. The fourth-order valence-electron chi connectivity index (χ4n) is 3.14. The first kappa shape index (κ1) is 18.9. The third-order valence-corrected chi connectivity index (χ3v) is 5.46. The lowest BCUT2D eigenvalue weighted by molar-refractivity contribution is 0.0740. The Morgan fingerprint density at radius 3 is 2.66 bits per heavy atom. The maximum Gasteiger partial charge on any atom is 0.256 e. The second-order valence-electron chi connectivity index (χ2n) is 6.43. The summed E-state index contributed by atoms with van der Waals surface area (Å²) in [5.74, 6) is -0.101. The molecule has 1 aliphatic rings. The van der Waals surface area contributed by atoms with Gasteiger partial charge >= 0.3 is 0 Å². The number of hydrogen-bond donors (Lipinski definition) is 0. The molecule has 1 amide bonds. The molecule has 0 spiro atoms. The number of oxazole rings is 1. The van der Waals surface area contributed by atoms with Crippen LogP contribution < -0.4 is 4.90 Å². The lowest BCUT2D eigenvalue weighted by Gasteiger charge is -2.34. The summed E-state index contributed by atoms with van der Waals surface area (Å²) < 4.78 is 19.7. The Hall–Kier alpha value is -3.44. The van der Waals surface area contributed by atoms with Gasteiger partial charge < -0.3 is 14.2 Å². The van der Waals surface area contributed by atoms with Crippen molar-refractivity contribution < 1.29 is 13.6 Å². The summed E-state index contributed by atoms with van der Waals surface area (Å²) >= 11 is 1.59. The largest absolute Gasteiger partial charge is 0.420 e. The van der Waals surface area contributed by atoms with Crippen LogP contribution in [-0.2, 0) is 0 Å². The molecule has 0 saturated carbocycles. The van der Waals surface area contributed by atoms with Crippen LogP contribution in [0, 0.1) is 17.1 Å². The van der Waals surface area contributed by atoms with Gasteiger partial charge in [-0.1, -0.05) is 18.2 Å². The number of anilines is 1. The normalized spacial score (nSPS) is 14.3. The Morgan fingerprint density at radius 2 is 1.97 bits per heavy atom. The summed E-state index contributed by atoms with van der Waals surface area (Å²) in [6.07, 6.45) is 3.61.